The number of aromatic nitrogens is 2. The van der Waals surface area contributed by atoms with Crippen LogP contribution in [0.5, 0.6) is 0 Å². The highest BCUT2D eigenvalue weighted by molar-refractivity contribution is 14.1. The van der Waals surface area contributed by atoms with Crippen LogP contribution in [0, 0.1) is 10.5 Å². The van der Waals surface area contributed by atoms with Crippen LogP contribution in [-0.4, -0.2) is 22.6 Å². The Labute approximate surface area is 223 Å². The van der Waals surface area contributed by atoms with Gasteiger partial charge in [0.2, 0.25) is 0 Å². The van der Waals surface area contributed by atoms with Crippen molar-refractivity contribution < 1.29 is 8.63 Å². The molecular formula is C29H23BF2IN3. The van der Waals surface area contributed by atoms with E-state index in [0.717, 1.165) is 52.6 Å². The zero-order valence-electron chi connectivity index (χ0n) is 20.1. The minimum Gasteiger partial charge on any atom is -0.325 e. The summed E-state index contributed by atoms with van der Waals surface area (Å²) in [5, 5.41) is 1.00. The van der Waals surface area contributed by atoms with E-state index in [1.807, 2.05) is 93.6 Å². The SMILES string of the molecule is CC1=CC(C)=N/C1=C(/c1ccc(I)cc1)c1c(C)cc(/C=C/c2cccc3cccnc23)n1B(F)F. The number of halogens is 3. The van der Waals surface area contributed by atoms with Gasteiger partial charge >= 0.3 is 7.40 Å². The number of rotatable bonds is 5. The maximum Gasteiger partial charge on any atom is 0.678 e. The van der Waals surface area contributed by atoms with Gasteiger partial charge in [-0.15, -0.1) is 0 Å². The smallest absolute Gasteiger partial charge is 0.325 e. The van der Waals surface area contributed by atoms with Crippen LogP contribution in [0.1, 0.15) is 41.9 Å². The standard InChI is InChI=1S/C29H23BF2IN3/c1-18-16-20(3)35-27(18)26(21-9-12-24(33)13-10-21)29-19(2)17-25(36(29)30(31)32)14-11-23-7-4-6-22-8-5-15-34-28(22)23/h4-17H,1-3H3/b14-11+,27-26-. The second-order valence-electron chi connectivity index (χ2n) is 8.82. The molecule has 0 amide bonds. The van der Waals surface area contributed by atoms with Crippen LogP contribution in [0.2, 0.25) is 0 Å². The Hall–Kier alpha value is -3.33. The molecule has 2 aromatic carbocycles. The van der Waals surface area contributed by atoms with Crippen molar-refractivity contribution in [3.05, 3.63) is 116 Å². The highest BCUT2D eigenvalue weighted by atomic mass is 127. The van der Waals surface area contributed by atoms with Crippen molar-refractivity contribution in [2.45, 2.75) is 20.8 Å². The van der Waals surface area contributed by atoms with Crippen molar-refractivity contribution in [1.29, 1.82) is 0 Å². The summed E-state index contributed by atoms with van der Waals surface area (Å²) in [7, 11) is -2.73. The molecule has 0 radical (unpaired) electrons. The fourth-order valence-corrected chi connectivity index (χ4v) is 5.07. The third kappa shape index (κ3) is 4.59. The van der Waals surface area contributed by atoms with Crippen LogP contribution in [0.25, 0.3) is 28.6 Å². The molecule has 4 aromatic rings. The van der Waals surface area contributed by atoms with Crippen molar-refractivity contribution in [3.63, 3.8) is 0 Å². The molecule has 36 heavy (non-hydrogen) atoms. The molecule has 0 N–H and O–H groups in total. The molecule has 3 nitrogen and oxygen atoms in total. The number of para-hydroxylation sites is 1. The molecule has 7 heteroatoms. The van der Waals surface area contributed by atoms with Gasteiger partial charge in [-0.1, -0.05) is 42.5 Å². The molecule has 0 aliphatic carbocycles. The summed E-state index contributed by atoms with van der Waals surface area (Å²) in [6.07, 6.45) is 7.33. The normalized spacial score (nSPS) is 14.9. The highest BCUT2D eigenvalue weighted by Crippen LogP contribution is 2.37. The third-order valence-corrected chi connectivity index (χ3v) is 6.96. The second kappa shape index (κ2) is 9.97. The minimum absolute atomic E-state index is 0.425. The van der Waals surface area contributed by atoms with Gasteiger partial charge in [0.25, 0.3) is 0 Å². The third-order valence-electron chi connectivity index (χ3n) is 6.24. The zero-order chi connectivity index (χ0) is 25.4. The van der Waals surface area contributed by atoms with Crippen LogP contribution < -0.4 is 0 Å². The number of pyridine rings is 1. The summed E-state index contributed by atoms with van der Waals surface area (Å²) in [6.45, 7) is 5.78. The Bertz CT molecular complexity index is 1590. The summed E-state index contributed by atoms with van der Waals surface area (Å²) >= 11 is 2.25. The van der Waals surface area contributed by atoms with E-state index < -0.39 is 7.40 Å². The van der Waals surface area contributed by atoms with Gasteiger partial charge in [-0.25, -0.2) is 0 Å². The second-order valence-corrected chi connectivity index (χ2v) is 10.1. The first-order chi connectivity index (χ1) is 17.3. The predicted octanol–water partition coefficient (Wildman–Crippen LogP) is 8.07. The molecule has 0 spiro atoms. The van der Waals surface area contributed by atoms with E-state index in [4.69, 9.17) is 4.99 Å². The van der Waals surface area contributed by atoms with Gasteiger partial charge in [0, 0.05) is 43.4 Å². The van der Waals surface area contributed by atoms with E-state index in [9.17, 15) is 8.63 Å². The van der Waals surface area contributed by atoms with Gasteiger partial charge in [0.1, 0.15) is 0 Å². The van der Waals surface area contributed by atoms with Crippen LogP contribution in [0.3, 0.4) is 0 Å². The lowest BCUT2D eigenvalue weighted by Gasteiger charge is -2.17. The Morgan fingerprint density at radius 1 is 0.972 bits per heavy atom. The lowest BCUT2D eigenvalue weighted by Crippen LogP contribution is -2.18. The molecule has 1 aliphatic rings. The molecule has 1 aliphatic heterocycles. The Kier molecular flexibility index (Phi) is 6.75. The lowest BCUT2D eigenvalue weighted by atomic mass is 9.95. The number of hydrogen-bond donors (Lipinski definition) is 0. The molecule has 0 saturated heterocycles. The van der Waals surface area contributed by atoms with Crippen LogP contribution in [0.4, 0.5) is 8.63 Å². The first-order valence-corrected chi connectivity index (χ1v) is 12.7. The molecule has 178 valence electrons. The van der Waals surface area contributed by atoms with Crippen molar-refractivity contribution in [2.75, 3.05) is 0 Å². The van der Waals surface area contributed by atoms with Crippen molar-refractivity contribution in [1.82, 2.24) is 9.46 Å². The number of aryl methyl sites for hydroxylation is 1. The van der Waals surface area contributed by atoms with Crippen LogP contribution in [0.15, 0.2) is 89.2 Å². The summed E-state index contributed by atoms with van der Waals surface area (Å²) in [5.41, 5.74) is 7.49. The quantitative estimate of drug-likeness (QED) is 0.171. The van der Waals surface area contributed by atoms with Crippen molar-refractivity contribution in [2.24, 2.45) is 4.99 Å². The summed E-state index contributed by atoms with van der Waals surface area (Å²) < 4.78 is 31.6. The molecular weight excluding hydrogens is 566 g/mol. The monoisotopic (exact) mass is 589 g/mol. The number of benzene rings is 2. The minimum atomic E-state index is -2.73. The Morgan fingerprint density at radius 3 is 2.42 bits per heavy atom. The molecule has 0 saturated carbocycles. The Balaban J connectivity index is 1.71. The average Bonchev–Trinajstić information content (AvgIpc) is 3.37. The van der Waals surface area contributed by atoms with Crippen LogP contribution >= 0.6 is 22.6 Å². The van der Waals surface area contributed by atoms with E-state index in [1.165, 1.54) is 0 Å². The molecule has 0 atom stereocenters. The van der Waals surface area contributed by atoms with E-state index in [-0.39, 0.29) is 0 Å². The molecule has 5 rings (SSSR count). The predicted molar refractivity (Wildman–Crippen MR) is 155 cm³/mol. The van der Waals surface area contributed by atoms with E-state index in [2.05, 4.69) is 27.6 Å². The topological polar surface area (TPSA) is 30.2 Å². The van der Waals surface area contributed by atoms with Gasteiger partial charge in [0.05, 0.1) is 11.2 Å². The van der Waals surface area contributed by atoms with E-state index >= 15 is 0 Å². The fraction of sp³-hybridized carbons (Fsp3) is 0.103. The van der Waals surface area contributed by atoms with Crippen molar-refractivity contribution in [3.8, 4) is 0 Å². The number of allylic oxidation sites excluding steroid dienone is 2. The summed E-state index contributed by atoms with van der Waals surface area (Å²) in [6, 6.07) is 19.5. The maximum atomic E-state index is 14.7. The van der Waals surface area contributed by atoms with Crippen molar-refractivity contribution >= 4 is 64.3 Å². The average molecular weight is 589 g/mol. The molecule has 0 fully saturated rings. The van der Waals surface area contributed by atoms with Gasteiger partial charge in [-0.3, -0.25) is 18.6 Å². The first kappa shape index (κ1) is 24.4. The summed E-state index contributed by atoms with van der Waals surface area (Å²) in [5.74, 6) is 0. The number of nitrogens with zero attached hydrogens (tertiary/aromatic N) is 3. The first-order valence-electron chi connectivity index (χ1n) is 11.6. The van der Waals surface area contributed by atoms with Gasteiger partial charge < -0.3 is 4.48 Å². The van der Waals surface area contributed by atoms with Gasteiger partial charge in [-0.2, -0.15) is 0 Å². The Morgan fingerprint density at radius 2 is 1.72 bits per heavy atom. The van der Waals surface area contributed by atoms with E-state index in [0.29, 0.717) is 17.0 Å². The summed E-state index contributed by atoms with van der Waals surface area (Å²) in [4.78, 5) is 9.22. The fourth-order valence-electron chi connectivity index (χ4n) is 4.71. The van der Waals surface area contributed by atoms with Gasteiger partial charge in [-0.05, 0) is 96.5 Å². The number of fused-ring (bicyclic) bond motifs is 1. The number of aliphatic imine (C=N–C) groups is 1. The maximum absolute atomic E-state index is 14.7. The molecule has 3 heterocycles. The lowest BCUT2D eigenvalue weighted by molar-refractivity contribution is 0.627. The molecule has 0 bridgehead atoms. The zero-order valence-corrected chi connectivity index (χ0v) is 22.3. The number of hydrogen-bond acceptors (Lipinski definition) is 2. The van der Waals surface area contributed by atoms with E-state index in [1.54, 1.807) is 12.3 Å². The molecule has 2 aromatic heterocycles. The van der Waals surface area contributed by atoms with Crippen LogP contribution in [-0.2, 0) is 0 Å². The largest absolute Gasteiger partial charge is 0.678 e. The molecule has 0 unspecified atom stereocenters. The van der Waals surface area contributed by atoms with Gasteiger partial charge in [0.15, 0.2) is 0 Å². The highest BCUT2D eigenvalue weighted by Gasteiger charge is 2.29.